The van der Waals surface area contributed by atoms with E-state index in [1.54, 1.807) is 29.1 Å². The van der Waals surface area contributed by atoms with Gasteiger partial charge in [0.2, 0.25) is 0 Å². The molecule has 1 aromatic heterocycles. The Morgan fingerprint density at radius 1 is 1.14 bits per heavy atom. The van der Waals surface area contributed by atoms with Gasteiger partial charge in [0.1, 0.15) is 12.1 Å². The number of phenols is 1. The molecule has 1 heterocycles. The lowest BCUT2D eigenvalue weighted by atomic mass is 10.2. The van der Waals surface area contributed by atoms with Gasteiger partial charge in [0.15, 0.2) is 5.82 Å². The van der Waals surface area contributed by atoms with Gasteiger partial charge >= 0.3 is 0 Å². The van der Waals surface area contributed by atoms with E-state index in [0.29, 0.717) is 11.4 Å². The molecule has 5 nitrogen and oxygen atoms in total. The number of benzene rings is 2. The number of aromatic hydroxyl groups is 1. The van der Waals surface area contributed by atoms with E-state index in [9.17, 15) is 5.11 Å². The van der Waals surface area contributed by atoms with Crippen LogP contribution in [0.4, 0.5) is 0 Å². The van der Waals surface area contributed by atoms with Crippen molar-refractivity contribution in [1.82, 2.24) is 14.9 Å². The molecule has 0 saturated heterocycles. The first kappa shape index (κ1) is 13.5. The molecule has 0 unspecified atom stereocenters. The normalized spacial score (nSPS) is 11.1. The zero-order valence-electron chi connectivity index (χ0n) is 10.9. The monoisotopic (exact) mass is 342 g/mol. The molecule has 0 amide bonds. The van der Waals surface area contributed by atoms with Gasteiger partial charge in [-0.25, -0.2) is 0 Å². The largest absolute Gasteiger partial charge is 0.507 e. The van der Waals surface area contributed by atoms with Gasteiger partial charge in [-0.2, -0.15) is 9.78 Å². The summed E-state index contributed by atoms with van der Waals surface area (Å²) in [5.74, 6) is 0.803. The van der Waals surface area contributed by atoms with Crippen molar-refractivity contribution in [1.29, 1.82) is 0 Å². The van der Waals surface area contributed by atoms with Crippen LogP contribution >= 0.6 is 15.9 Å². The standard InChI is InChI=1S/C15H11BrN4O/c16-13-6-7-14(21)12(8-13)9-18-20-10-17-19-15(20)11-4-2-1-3-5-11/h1-10,21H/b18-9+. The maximum atomic E-state index is 9.80. The van der Waals surface area contributed by atoms with Crippen LogP contribution in [0.15, 0.2) is 64.4 Å². The molecule has 0 radical (unpaired) electrons. The number of aromatic nitrogens is 3. The fourth-order valence-corrected chi connectivity index (χ4v) is 2.22. The highest BCUT2D eigenvalue weighted by Crippen LogP contribution is 2.20. The van der Waals surface area contributed by atoms with Crippen LogP contribution in [0.25, 0.3) is 11.4 Å². The molecule has 0 atom stereocenters. The Morgan fingerprint density at radius 3 is 2.76 bits per heavy atom. The lowest BCUT2D eigenvalue weighted by Crippen LogP contribution is -1.93. The maximum absolute atomic E-state index is 9.80. The van der Waals surface area contributed by atoms with E-state index >= 15 is 0 Å². The van der Waals surface area contributed by atoms with E-state index in [1.165, 1.54) is 6.33 Å². The molecule has 1 N–H and O–H groups in total. The van der Waals surface area contributed by atoms with E-state index in [-0.39, 0.29) is 5.75 Å². The van der Waals surface area contributed by atoms with E-state index in [0.717, 1.165) is 10.0 Å². The number of hydrogen-bond acceptors (Lipinski definition) is 4. The number of rotatable bonds is 3. The molecule has 2 aromatic carbocycles. The van der Waals surface area contributed by atoms with E-state index < -0.39 is 0 Å². The smallest absolute Gasteiger partial charge is 0.184 e. The Balaban J connectivity index is 1.94. The Kier molecular flexibility index (Phi) is 3.79. The highest BCUT2D eigenvalue weighted by atomic mass is 79.9. The summed E-state index contributed by atoms with van der Waals surface area (Å²) in [5, 5.41) is 22.0. The Labute approximate surface area is 129 Å². The zero-order chi connectivity index (χ0) is 14.7. The van der Waals surface area contributed by atoms with Crippen molar-refractivity contribution in [2.75, 3.05) is 0 Å². The Hall–Kier alpha value is -2.47. The van der Waals surface area contributed by atoms with Gasteiger partial charge in [0.05, 0.1) is 6.21 Å². The van der Waals surface area contributed by atoms with Crippen LogP contribution in [-0.4, -0.2) is 26.2 Å². The van der Waals surface area contributed by atoms with Crippen molar-refractivity contribution < 1.29 is 5.11 Å². The van der Waals surface area contributed by atoms with Crippen LogP contribution in [0.3, 0.4) is 0 Å². The summed E-state index contributed by atoms with van der Waals surface area (Å²) >= 11 is 3.36. The molecular weight excluding hydrogens is 332 g/mol. The maximum Gasteiger partial charge on any atom is 0.184 e. The lowest BCUT2D eigenvalue weighted by Gasteiger charge is -2.01. The van der Waals surface area contributed by atoms with Gasteiger partial charge in [0.25, 0.3) is 0 Å². The second-order valence-corrected chi connectivity index (χ2v) is 5.23. The molecule has 6 heteroatoms. The highest BCUT2D eigenvalue weighted by molar-refractivity contribution is 9.10. The molecule has 3 aromatic rings. The molecule has 0 bridgehead atoms. The predicted octanol–water partition coefficient (Wildman–Crippen LogP) is 3.30. The Bertz CT molecular complexity index is 783. The summed E-state index contributed by atoms with van der Waals surface area (Å²) in [4.78, 5) is 0. The minimum Gasteiger partial charge on any atom is -0.507 e. The van der Waals surface area contributed by atoms with Gasteiger partial charge in [-0.05, 0) is 18.2 Å². The van der Waals surface area contributed by atoms with Crippen LogP contribution in [0, 0.1) is 0 Å². The quantitative estimate of drug-likeness (QED) is 0.742. The Morgan fingerprint density at radius 2 is 1.95 bits per heavy atom. The molecule has 0 fully saturated rings. The molecule has 0 spiro atoms. The van der Waals surface area contributed by atoms with Crippen LogP contribution < -0.4 is 0 Å². The average Bonchev–Trinajstić information content (AvgIpc) is 2.97. The van der Waals surface area contributed by atoms with Gasteiger partial charge < -0.3 is 5.11 Å². The van der Waals surface area contributed by atoms with Crippen LogP contribution in [0.1, 0.15) is 5.56 Å². The second-order valence-electron chi connectivity index (χ2n) is 4.31. The van der Waals surface area contributed by atoms with Gasteiger partial charge in [-0.15, -0.1) is 10.2 Å². The van der Waals surface area contributed by atoms with Gasteiger partial charge in [-0.3, -0.25) is 0 Å². The van der Waals surface area contributed by atoms with E-state index in [4.69, 9.17) is 0 Å². The molecule has 3 rings (SSSR count). The number of hydrogen-bond donors (Lipinski definition) is 1. The summed E-state index contributed by atoms with van der Waals surface area (Å²) in [5.41, 5.74) is 1.53. The summed E-state index contributed by atoms with van der Waals surface area (Å²) in [7, 11) is 0. The first-order valence-electron chi connectivity index (χ1n) is 6.22. The second kappa shape index (κ2) is 5.88. The van der Waals surface area contributed by atoms with Crippen molar-refractivity contribution in [2.45, 2.75) is 0 Å². The fraction of sp³-hybridized carbons (Fsp3) is 0. The summed E-state index contributed by atoms with van der Waals surface area (Å²) < 4.78 is 2.43. The third-order valence-corrected chi connectivity index (χ3v) is 3.37. The van der Waals surface area contributed by atoms with Crippen molar-refractivity contribution >= 4 is 22.1 Å². The van der Waals surface area contributed by atoms with Crippen LogP contribution in [0.5, 0.6) is 5.75 Å². The molecule has 21 heavy (non-hydrogen) atoms. The van der Waals surface area contributed by atoms with Crippen LogP contribution in [0.2, 0.25) is 0 Å². The van der Waals surface area contributed by atoms with Crippen molar-refractivity contribution in [3.05, 3.63) is 64.9 Å². The van der Waals surface area contributed by atoms with Crippen molar-refractivity contribution in [3.63, 3.8) is 0 Å². The predicted molar refractivity (Wildman–Crippen MR) is 84.3 cm³/mol. The summed E-state index contributed by atoms with van der Waals surface area (Å²) in [6, 6.07) is 14.8. The van der Waals surface area contributed by atoms with Crippen molar-refractivity contribution in [2.24, 2.45) is 5.10 Å². The lowest BCUT2D eigenvalue weighted by molar-refractivity contribution is 0.474. The third-order valence-electron chi connectivity index (χ3n) is 2.87. The van der Waals surface area contributed by atoms with E-state index in [1.807, 2.05) is 30.3 Å². The average molecular weight is 343 g/mol. The zero-order valence-corrected chi connectivity index (χ0v) is 12.5. The topological polar surface area (TPSA) is 63.3 Å². The van der Waals surface area contributed by atoms with Crippen LogP contribution in [-0.2, 0) is 0 Å². The van der Waals surface area contributed by atoms with Gasteiger partial charge in [0, 0.05) is 15.6 Å². The first-order valence-corrected chi connectivity index (χ1v) is 7.01. The number of nitrogens with zero attached hydrogens (tertiary/aromatic N) is 4. The fourth-order valence-electron chi connectivity index (χ4n) is 1.84. The molecule has 0 saturated carbocycles. The van der Waals surface area contributed by atoms with E-state index in [2.05, 4.69) is 31.2 Å². The molecular formula is C15H11BrN4O. The first-order chi connectivity index (χ1) is 10.2. The number of halogens is 1. The van der Waals surface area contributed by atoms with Gasteiger partial charge in [-0.1, -0.05) is 46.3 Å². The number of phenolic OH excluding ortho intramolecular Hbond substituents is 1. The SMILES string of the molecule is Oc1ccc(Br)cc1/C=N/n1cnnc1-c1ccccc1. The summed E-state index contributed by atoms with van der Waals surface area (Å²) in [6.07, 6.45) is 3.09. The summed E-state index contributed by atoms with van der Waals surface area (Å²) in [6.45, 7) is 0. The molecule has 0 aliphatic rings. The third kappa shape index (κ3) is 3.00. The highest BCUT2D eigenvalue weighted by Gasteiger charge is 2.05. The minimum atomic E-state index is 0.163. The molecule has 104 valence electrons. The minimum absolute atomic E-state index is 0.163. The molecule has 0 aliphatic heterocycles. The molecule has 0 aliphatic carbocycles. The van der Waals surface area contributed by atoms with Crippen molar-refractivity contribution in [3.8, 4) is 17.1 Å².